The highest BCUT2D eigenvalue weighted by Crippen LogP contribution is 2.19. The van der Waals surface area contributed by atoms with Crippen LogP contribution in [0.5, 0.6) is 0 Å². The fourth-order valence-electron chi connectivity index (χ4n) is 1.47. The molecule has 19 heavy (non-hydrogen) atoms. The van der Waals surface area contributed by atoms with Crippen molar-refractivity contribution in [1.82, 2.24) is 10.2 Å². The average Bonchev–Trinajstić information content (AvgIpc) is 2.38. The molecule has 0 bridgehead atoms. The molecule has 1 aromatic carbocycles. The number of amides is 2. The molecule has 2 amide bonds. The van der Waals surface area contributed by atoms with E-state index in [0.717, 1.165) is 12.5 Å². The quantitative estimate of drug-likeness (QED) is 0.899. The molecule has 0 saturated carbocycles. The summed E-state index contributed by atoms with van der Waals surface area (Å²) >= 11 is 3.19. The second kappa shape index (κ2) is 7.23. The Bertz CT molecular complexity index is 480. The molecule has 0 fully saturated rings. The number of carbonyl (C=O) groups excluding carboxylic acids is 2. The lowest BCUT2D eigenvalue weighted by Gasteiger charge is -2.17. The minimum absolute atomic E-state index is 0.0538. The Morgan fingerprint density at radius 1 is 1.42 bits per heavy atom. The molecule has 104 valence electrons. The summed E-state index contributed by atoms with van der Waals surface area (Å²) in [5.41, 5.74) is 0.200. The van der Waals surface area contributed by atoms with Crippen molar-refractivity contribution in [3.8, 4) is 0 Å². The molecule has 0 saturated heterocycles. The fraction of sp³-hybridized carbons (Fsp3) is 0.385. The van der Waals surface area contributed by atoms with E-state index in [2.05, 4.69) is 21.2 Å². The first kappa shape index (κ1) is 15.6. The van der Waals surface area contributed by atoms with E-state index < -0.39 is 11.7 Å². The molecule has 6 heteroatoms. The van der Waals surface area contributed by atoms with Gasteiger partial charge >= 0.3 is 0 Å². The molecular formula is C13H16BrFN2O2. The summed E-state index contributed by atoms with van der Waals surface area (Å²) in [5, 5.41) is 2.68. The number of carbonyl (C=O) groups is 2. The molecular weight excluding hydrogens is 315 g/mol. The van der Waals surface area contributed by atoms with E-state index in [1.807, 2.05) is 6.92 Å². The van der Waals surface area contributed by atoms with E-state index in [-0.39, 0.29) is 18.0 Å². The lowest BCUT2D eigenvalue weighted by Crippen LogP contribution is -2.38. The number of benzene rings is 1. The molecule has 0 radical (unpaired) electrons. The van der Waals surface area contributed by atoms with Gasteiger partial charge in [0.2, 0.25) is 5.91 Å². The Morgan fingerprint density at radius 3 is 2.74 bits per heavy atom. The first-order valence-corrected chi connectivity index (χ1v) is 6.72. The van der Waals surface area contributed by atoms with E-state index in [1.165, 1.54) is 24.1 Å². The summed E-state index contributed by atoms with van der Waals surface area (Å²) in [6.45, 7) is 2.46. The van der Waals surface area contributed by atoms with Crippen molar-refractivity contribution < 1.29 is 14.0 Å². The van der Waals surface area contributed by atoms with Crippen LogP contribution in [0.25, 0.3) is 0 Å². The maximum atomic E-state index is 13.1. The largest absolute Gasteiger partial charge is 0.355 e. The van der Waals surface area contributed by atoms with Gasteiger partial charge in [-0.2, -0.15) is 0 Å². The van der Waals surface area contributed by atoms with Crippen molar-refractivity contribution in [2.45, 2.75) is 13.3 Å². The molecule has 0 atom stereocenters. The van der Waals surface area contributed by atoms with Crippen molar-refractivity contribution in [2.24, 2.45) is 0 Å². The van der Waals surface area contributed by atoms with E-state index in [4.69, 9.17) is 0 Å². The van der Waals surface area contributed by atoms with Crippen LogP contribution in [0.3, 0.4) is 0 Å². The first-order valence-electron chi connectivity index (χ1n) is 5.93. The van der Waals surface area contributed by atoms with Crippen LogP contribution in [0.2, 0.25) is 0 Å². The molecule has 0 heterocycles. The zero-order valence-corrected chi connectivity index (χ0v) is 12.5. The summed E-state index contributed by atoms with van der Waals surface area (Å²) in [6, 6.07) is 3.87. The molecule has 0 aliphatic heterocycles. The number of hydrogen-bond acceptors (Lipinski definition) is 2. The zero-order chi connectivity index (χ0) is 14.4. The second-order valence-electron chi connectivity index (χ2n) is 4.14. The molecule has 0 aliphatic carbocycles. The number of nitrogens with zero attached hydrogens (tertiary/aromatic N) is 1. The van der Waals surface area contributed by atoms with E-state index in [1.54, 1.807) is 0 Å². The minimum Gasteiger partial charge on any atom is -0.355 e. The Hall–Kier alpha value is -1.43. The van der Waals surface area contributed by atoms with Crippen LogP contribution < -0.4 is 5.32 Å². The minimum atomic E-state index is -0.490. The Morgan fingerprint density at radius 2 is 2.11 bits per heavy atom. The van der Waals surface area contributed by atoms with Crippen LogP contribution in [0.1, 0.15) is 23.7 Å². The summed E-state index contributed by atoms with van der Waals surface area (Å²) in [7, 11) is 1.51. The Kier molecular flexibility index (Phi) is 5.95. The fourth-order valence-corrected chi connectivity index (χ4v) is 1.89. The van der Waals surface area contributed by atoms with Crippen molar-refractivity contribution in [2.75, 3.05) is 20.1 Å². The third-order valence-corrected chi connectivity index (χ3v) is 3.15. The topological polar surface area (TPSA) is 49.4 Å². The highest BCUT2D eigenvalue weighted by molar-refractivity contribution is 9.10. The average molecular weight is 331 g/mol. The van der Waals surface area contributed by atoms with Gasteiger partial charge < -0.3 is 10.2 Å². The standard InChI is InChI=1S/C13H16BrFN2O2/c1-3-6-16-12(18)8-17(2)13(19)10-7-9(15)4-5-11(10)14/h4-5,7H,3,6,8H2,1-2H3,(H,16,18). The van der Waals surface area contributed by atoms with Crippen molar-refractivity contribution in [3.05, 3.63) is 34.1 Å². The van der Waals surface area contributed by atoms with Gasteiger partial charge in [-0.3, -0.25) is 9.59 Å². The molecule has 1 rings (SSSR count). The third kappa shape index (κ3) is 4.63. The number of nitrogens with one attached hydrogen (secondary N) is 1. The molecule has 0 aromatic heterocycles. The van der Waals surface area contributed by atoms with Gasteiger partial charge in [-0.25, -0.2) is 4.39 Å². The van der Waals surface area contributed by atoms with Gasteiger partial charge in [-0.1, -0.05) is 6.92 Å². The molecule has 4 nitrogen and oxygen atoms in total. The molecule has 0 unspecified atom stereocenters. The monoisotopic (exact) mass is 330 g/mol. The first-order chi connectivity index (χ1) is 8.95. The molecule has 1 N–H and O–H groups in total. The van der Waals surface area contributed by atoms with Crippen LogP contribution in [0.15, 0.2) is 22.7 Å². The van der Waals surface area contributed by atoms with E-state index >= 15 is 0 Å². The predicted octanol–water partition coefficient (Wildman–Crippen LogP) is 2.19. The number of halogens is 2. The lowest BCUT2D eigenvalue weighted by atomic mass is 10.2. The molecule has 1 aromatic rings. The Labute approximate surface area is 120 Å². The van der Waals surface area contributed by atoms with Gasteiger partial charge in [-0.15, -0.1) is 0 Å². The third-order valence-electron chi connectivity index (χ3n) is 2.46. The summed E-state index contributed by atoms with van der Waals surface area (Å²) in [4.78, 5) is 24.8. The van der Waals surface area contributed by atoms with Crippen LogP contribution in [-0.2, 0) is 4.79 Å². The molecule has 0 spiro atoms. The number of likely N-dealkylation sites (N-methyl/N-ethyl adjacent to an activating group) is 1. The summed E-state index contributed by atoms with van der Waals surface area (Å²) < 4.78 is 13.6. The van der Waals surface area contributed by atoms with Crippen molar-refractivity contribution in [3.63, 3.8) is 0 Å². The lowest BCUT2D eigenvalue weighted by molar-refractivity contribution is -0.121. The van der Waals surface area contributed by atoms with E-state index in [0.29, 0.717) is 11.0 Å². The maximum absolute atomic E-state index is 13.1. The van der Waals surface area contributed by atoms with Gasteiger partial charge in [0.15, 0.2) is 0 Å². The normalized spacial score (nSPS) is 10.1. The van der Waals surface area contributed by atoms with Crippen LogP contribution in [0, 0.1) is 5.82 Å². The van der Waals surface area contributed by atoms with Crippen LogP contribution >= 0.6 is 15.9 Å². The van der Waals surface area contributed by atoms with Gasteiger partial charge in [0, 0.05) is 18.1 Å². The second-order valence-corrected chi connectivity index (χ2v) is 4.99. The number of rotatable bonds is 5. The van der Waals surface area contributed by atoms with Gasteiger partial charge in [0.25, 0.3) is 5.91 Å². The SMILES string of the molecule is CCCNC(=O)CN(C)C(=O)c1cc(F)ccc1Br. The Balaban J connectivity index is 2.71. The summed E-state index contributed by atoms with van der Waals surface area (Å²) in [6.07, 6.45) is 0.832. The van der Waals surface area contributed by atoms with E-state index in [9.17, 15) is 14.0 Å². The number of hydrogen-bond donors (Lipinski definition) is 1. The molecule has 0 aliphatic rings. The van der Waals surface area contributed by atoms with Crippen molar-refractivity contribution in [1.29, 1.82) is 0 Å². The highest BCUT2D eigenvalue weighted by Gasteiger charge is 2.17. The summed E-state index contributed by atoms with van der Waals surface area (Å²) in [5.74, 6) is -1.13. The van der Waals surface area contributed by atoms with Gasteiger partial charge in [0.05, 0.1) is 12.1 Å². The zero-order valence-electron chi connectivity index (χ0n) is 10.9. The van der Waals surface area contributed by atoms with Crippen LogP contribution in [0.4, 0.5) is 4.39 Å². The van der Waals surface area contributed by atoms with Gasteiger partial charge in [0.1, 0.15) is 5.82 Å². The predicted molar refractivity (Wildman–Crippen MR) is 74.4 cm³/mol. The maximum Gasteiger partial charge on any atom is 0.255 e. The van der Waals surface area contributed by atoms with Gasteiger partial charge in [-0.05, 0) is 40.5 Å². The van der Waals surface area contributed by atoms with Crippen LogP contribution in [-0.4, -0.2) is 36.9 Å². The highest BCUT2D eigenvalue weighted by atomic mass is 79.9. The van der Waals surface area contributed by atoms with Crippen molar-refractivity contribution >= 4 is 27.7 Å². The smallest absolute Gasteiger partial charge is 0.255 e.